The lowest BCUT2D eigenvalue weighted by Crippen LogP contribution is -2.19. The van der Waals surface area contributed by atoms with E-state index in [-0.39, 0.29) is 0 Å². The molecule has 1 N–H and O–H groups in total. The molecule has 1 heterocycles. The zero-order valence-corrected chi connectivity index (χ0v) is 8.00. The Kier molecular flexibility index (Phi) is 2.98. The summed E-state index contributed by atoms with van der Waals surface area (Å²) in [5.74, 6) is 0. The van der Waals surface area contributed by atoms with Crippen molar-refractivity contribution in [3.63, 3.8) is 0 Å². The summed E-state index contributed by atoms with van der Waals surface area (Å²) >= 11 is 0. The first-order valence-corrected chi connectivity index (χ1v) is 5.25. The van der Waals surface area contributed by atoms with Crippen molar-refractivity contribution >= 4 is 0 Å². The van der Waals surface area contributed by atoms with Gasteiger partial charge in [0.15, 0.2) is 0 Å². The third kappa shape index (κ3) is 2.31. The second-order valence-corrected chi connectivity index (χ2v) is 3.77. The SMILES string of the molecule is c1ccc([C@H]2CCCCCN2)cc1. The van der Waals surface area contributed by atoms with Crippen LogP contribution >= 0.6 is 0 Å². The van der Waals surface area contributed by atoms with Gasteiger partial charge in [-0.3, -0.25) is 0 Å². The number of nitrogens with one attached hydrogen (secondary N) is 1. The molecule has 13 heavy (non-hydrogen) atoms. The lowest BCUT2D eigenvalue weighted by Gasteiger charge is -2.15. The molecule has 0 saturated carbocycles. The Balaban J connectivity index is 2.06. The molecule has 1 fully saturated rings. The van der Waals surface area contributed by atoms with Crippen molar-refractivity contribution in [1.82, 2.24) is 5.32 Å². The Labute approximate surface area is 80.2 Å². The van der Waals surface area contributed by atoms with E-state index in [1.54, 1.807) is 0 Å². The van der Waals surface area contributed by atoms with Crippen LogP contribution in [0.1, 0.15) is 37.3 Å². The molecule has 0 aromatic heterocycles. The van der Waals surface area contributed by atoms with Crippen molar-refractivity contribution in [3.8, 4) is 0 Å². The van der Waals surface area contributed by atoms with Crippen LogP contribution in [0.15, 0.2) is 30.3 Å². The molecule has 70 valence electrons. The van der Waals surface area contributed by atoms with Gasteiger partial charge in [-0.2, -0.15) is 0 Å². The van der Waals surface area contributed by atoms with Gasteiger partial charge < -0.3 is 5.32 Å². The van der Waals surface area contributed by atoms with E-state index in [0.717, 1.165) is 0 Å². The molecule has 1 aliphatic rings. The van der Waals surface area contributed by atoms with Crippen molar-refractivity contribution in [2.75, 3.05) is 6.54 Å². The van der Waals surface area contributed by atoms with E-state index in [2.05, 4.69) is 35.6 Å². The molecule has 0 unspecified atom stereocenters. The second-order valence-electron chi connectivity index (χ2n) is 3.77. The molecule has 1 aromatic carbocycles. The van der Waals surface area contributed by atoms with E-state index >= 15 is 0 Å². The predicted molar refractivity (Wildman–Crippen MR) is 55.7 cm³/mol. The summed E-state index contributed by atoms with van der Waals surface area (Å²) in [6, 6.07) is 11.4. The van der Waals surface area contributed by atoms with Crippen LogP contribution in [0.2, 0.25) is 0 Å². The minimum atomic E-state index is 0.601. The van der Waals surface area contributed by atoms with Gasteiger partial charge in [0.1, 0.15) is 0 Å². The predicted octanol–water partition coefficient (Wildman–Crippen LogP) is 2.89. The summed E-state index contributed by atoms with van der Waals surface area (Å²) in [5, 5.41) is 3.60. The molecular formula is C12H17N. The monoisotopic (exact) mass is 175 g/mol. The van der Waals surface area contributed by atoms with Gasteiger partial charge in [-0.05, 0) is 24.9 Å². The van der Waals surface area contributed by atoms with E-state index in [0.29, 0.717) is 6.04 Å². The molecule has 2 rings (SSSR count). The molecule has 1 saturated heterocycles. The van der Waals surface area contributed by atoms with Gasteiger partial charge in [0, 0.05) is 6.04 Å². The van der Waals surface area contributed by atoms with E-state index in [9.17, 15) is 0 Å². The van der Waals surface area contributed by atoms with Gasteiger partial charge in [-0.25, -0.2) is 0 Å². The topological polar surface area (TPSA) is 12.0 Å². The van der Waals surface area contributed by atoms with Crippen molar-refractivity contribution < 1.29 is 0 Å². The summed E-state index contributed by atoms with van der Waals surface area (Å²) in [4.78, 5) is 0. The molecule has 1 heteroatoms. The molecule has 1 nitrogen and oxygen atoms in total. The smallest absolute Gasteiger partial charge is 0.0320 e. The van der Waals surface area contributed by atoms with E-state index in [1.807, 2.05) is 0 Å². The van der Waals surface area contributed by atoms with Gasteiger partial charge in [0.05, 0.1) is 0 Å². The van der Waals surface area contributed by atoms with E-state index in [4.69, 9.17) is 0 Å². The van der Waals surface area contributed by atoms with Gasteiger partial charge in [-0.1, -0.05) is 43.2 Å². The zero-order valence-electron chi connectivity index (χ0n) is 8.00. The fraction of sp³-hybridized carbons (Fsp3) is 0.500. The lowest BCUT2D eigenvalue weighted by molar-refractivity contribution is 0.535. The Bertz CT molecular complexity index is 235. The molecule has 0 aliphatic carbocycles. The average Bonchev–Trinajstić information content (AvgIpc) is 2.47. The molecule has 1 aromatic rings. The summed E-state index contributed by atoms with van der Waals surface area (Å²) in [6.45, 7) is 1.18. The number of hydrogen-bond donors (Lipinski definition) is 1. The van der Waals surface area contributed by atoms with Crippen molar-refractivity contribution in [2.24, 2.45) is 0 Å². The Morgan fingerprint density at radius 3 is 2.69 bits per heavy atom. The normalized spacial score (nSPS) is 23.8. The van der Waals surface area contributed by atoms with Gasteiger partial charge in [0.2, 0.25) is 0 Å². The van der Waals surface area contributed by atoms with Crippen LogP contribution in [0.4, 0.5) is 0 Å². The van der Waals surface area contributed by atoms with Crippen LogP contribution in [-0.4, -0.2) is 6.54 Å². The Hall–Kier alpha value is -0.820. The first-order valence-electron chi connectivity index (χ1n) is 5.25. The number of rotatable bonds is 1. The lowest BCUT2D eigenvalue weighted by atomic mass is 10.0. The highest BCUT2D eigenvalue weighted by Gasteiger charge is 2.12. The molecule has 0 bridgehead atoms. The van der Waals surface area contributed by atoms with Crippen molar-refractivity contribution in [3.05, 3.63) is 35.9 Å². The van der Waals surface area contributed by atoms with Crippen molar-refractivity contribution in [1.29, 1.82) is 0 Å². The molecule has 1 atom stereocenters. The number of hydrogen-bond acceptors (Lipinski definition) is 1. The summed E-state index contributed by atoms with van der Waals surface area (Å²) in [6.07, 6.45) is 5.39. The molecule has 0 radical (unpaired) electrons. The highest BCUT2D eigenvalue weighted by Crippen LogP contribution is 2.21. The molecule has 0 spiro atoms. The van der Waals surface area contributed by atoms with Gasteiger partial charge in [-0.15, -0.1) is 0 Å². The third-order valence-corrected chi connectivity index (χ3v) is 2.76. The first-order chi connectivity index (χ1) is 6.47. The van der Waals surface area contributed by atoms with Crippen LogP contribution in [0.5, 0.6) is 0 Å². The zero-order chi connectivity index (χ0) is 8.93. The van der Waals surface area contributed by atoms with Gasteiger partial charge >= 0.3 is 0 Å². The third-order valence-electron chi connectivity index (χ3n) is 2.76. The highest BCUT2D eigenvalue weighted by molar-refractivity contribution is 5.18. The molecular weight excluding hydrogens is 158 g/mol. The standard InChI is InChI=1S/C12H17N/c1-3-7-11(8-4-1)12-9-5-2-6-10-13-12/h1,3-4,7-8,12-13H,2,5-6,9-10H2/t12-/m1/s1. The highest BCUT2D eigenvalue weighted by atomic mass is 14.9. The first kappa shape index (κ1) is 8.76. The van der Waals surface area contributed by atoms with E-state index in [1.165, 1.54) is 37.8 Å². The minimum absolute atomic E-state index is 0.601. The average molecular weight is 175 g/mol. The van der Waals surface area contributed by atoms with Gasteiger partial charge in [0.25, 0.3) is 0 Å². The van der Waals surface area contributed by atoms with E-state index < -0.39 is 0 Å². The quantitative estimate of drug-likeness (QED) is 0.692. The Morgan fingerprint density at radius 1 is 1.00 bits per heavy atom. The fourth-order valence-electron chi connectivity index (χ4n) is 2.00. The Morgan fingerprint density at radius 2 is 1.85 bits per heavy atom. The largest absolute Gasteiger partial charge is 0.310 e. The van der Waals surface area contributed by atoms with Crippen LogP contribution in [0, 0.1) is 0 Å². The minimum Gasteiger partial charge on any atom is -0.310 e. The maximum Gasteiger partial charge on any atom is 0.0320 e. The summed E-state index contributed by atoms with van der Waals surface area (Å²) in [5.41, 5.74) is 1.45. The van der Waals surface area contributed by atoms with Crippen LogP contribution in [0.3, 0.4) is 0 Å². The molecule has 1 aliphatic heterocycles. The maximum absolute atomic E-state index is 3.60. The summed E-state index contributed by atoms with van der Waals surface area (Å²) < 4.78 is 0. The number of benzene rings is 1. The van der Waals surface area contributed by atoms with Crippen LogP contribution in [-0.2, 0) is 0 Å². The van der Waals surface area contributed by atoms with Crippen molar-refractivity contribution in [2.45, 2.75) is 31.7 Å². The maximum atomic E-state index is 3.60. The molecule has 0 amide bonds. The fourth-order valence-corrected chi connectivity index (χ4v) is 2.00. The summed E-state index contributed by atoms with van der Waals surface area (Å²) in [7, 11) is 0. The van der Waals surface area contributed by atoms with Crippen LogP contribution in [0.25, 0.3) is 0 Å². The van der Waals surface area contributed by atoms with Crippen LogP contribution < -0.4 is 5.32 Å². The second kappa shape index (κ2) is 4.43.